The highest BCUT2D eigenvalue weighted by Crippen LogP contribution is 2.45. The molecule has 1 fully saturated rings. The number of aliphatic hydroxyl groups excluding tert-OH is 2. The summed E-state index contributed by atoms with van der Waals surface area (Å²) in [4.78, 5) is 0. The molecule has 24 heavy (non-hydrogen) atoms. The zero-order valence-corrected chi connectivity index (χ0v) is 13.8. The maximum absolute atomic E-state index is 8.88. The number of hydrogen-bond donors (Lipinski definition) is 2. The van der Waals surface area contributed by atoms with E-state index in [4.69, 9.17) is 19.7 Å². The SMILES string of the molecule is OCOc1ccc(C2(c3ccc(OCO)cc3)CCCCC2)cc1. The minimum absolute atomic E-state index is 0.00768. The third-order valence-corrected chi connectivity index (χ3v) is 4.98. The Hall–Kier alpha value is -2.04. The molecule has 4 heteroatoms. The van der Waals surface area contributed by atoms with E-state index < -0.39 is 0 Å². The molecular weight excluding hydrogens is 304 g/mol. The van der Waals surface area contributed by atoms with Crippen LogP contribution in [0.1, 0.15) is 43.2 Å². The van der Waals surface area contributed by atoms with E-state index in [1.165, 1.54) is 30.4 Å². The predicted molar refractivity (Wildman–Crippen MR) is 92.2 cm³/mol. The second kappa shape index (κ2) is 7.69. The van der Waals surface area contributed by atoms with Crippen molar-refractivity contribution in [3.8, 4) is 11.5 Å². The lowest BCUT2D eigenvalue weighted by atomic mass is 9.65. The van der Waals surface area contributed by atoms with Crippen LogP contribution < -0.4 is 9.47 Å². The Morgan fingerprint density at radius 2 is 1.08 bits per heavy atom. The second-order valence-corrected chi connectivity index (χ2v) is 6.24. The van der Waals surface area contributed by atoms with Gasteiger partial charge in [0.25, 0.3) is 0 Å². The van der Waals surface area contributed by atoms with Crippen molar-refractivity contribution in [1.82, 2.24) is 0 Å². The standard InChI is InChI=1S/C20H24O4/c21-14-23-18-8-4-16(5-9-18)20(12-2-1-3-13-20)17-6-10-19(11-7-17)24-15-22/h4-11,21-22H,1-3,12-15H2. The highest BCUT2D eigenvalue weighted by molar-refractivity contribution is 5.43. The van der Waals surface area contributed by atoms with E-state index in [1.807, 2.05) is 24.3 Å². The molecule has 0 heterocycles. The van der Waals surface area contributed by atoms with E-state index in [2.05, 4.69) is 24.3 Å². The maximum Gasteiger partial charge on any atom is 0.186 e. The lowest BCUT2D eigenvalue weighted by molar-refractivity contribution is 0.0981. The molecule has 0 radical (unpaired) electrons. The van der Waals surface area contributed by atoms with Crippen LogP contribution in [-0.4, -0.2) is 23.8 Å². The molecule has 128 valence electrons. The van der Waals surface area contributed by atoms with Gasteiger partial charge in [-0.05, 0) is 48.2 Å². The molecular formula is C20H24O4. The van der Waals surface area contributed by atoms with E-state index >= 15 is 0 Å². The fourth-order valence-electron chi connectivity index (χ4n) is 3.79. The Balaban J connectivity index is 1.94. The van der Waals surface area contributed by atoms with Crippen molar-refractivity contribution >= 4 is 0 Å². The average molecular weight is 328 g/mol. The van der Waals surface area contributed by atoms with E-state index in [0.29, 0.717) is 11.5 Å². The molecule has 3 rings (SSSR count). The minimum atomic E-state index is -0.309. The molecule has 0 atom stereocenters. The van der Waals surface area contributed by atoms with Crippen LogP contribution in [0.3, 0.4) is 0 Å². The largest absolute Gasteiger partial charge is 0.468 e. The number of ether oxygens (including phenoxy) is 2. The van der Waals surface area contributed by atoms with Gasteiger partial charge >= 0.3 is 0 Å². The first kappa shape index (κ1) is 16.8. The topological polar surface area (TPSA) is 58.9 Å². The van der Waals surface area contributed by atoms with Gasteiger partial charge in [0.1, 0.15) is 11.5 Å². The van der Waals surface area contributed by atoms with Crippen LogP contribution in [0.25, 0.3) is 0 Å². The summed E-state index contributed by atoms with van der Waals surface area (Å²) >= 11 is 0. The summed E-state index contributed by atoms with van der Waals surface area (Å²) in [5, 5.41) is 17.8. The molecule has 0 amide bonds. The van der Waals surface area contributed by atoms with Crippen LogP contribution in [-0.2, 0) is 5.41 Å². The van der Waals surface area contributed by atoms with Gasteiger partial charge in [-0.2, -0.15) is 0 Å². The molecule has 2 N–H and O–H groups in total. The molecule has 0 saturated heterocycles. The maximum atomic E-state index is 8.88. The molecule has 0 aromatic heterocycles. The highest BCUT2D eigenvalue weighted by Gasteiger charge is 2.35. The summed E-state index contributed by atoms with van der Waals surface area (Å²) in [5.41, 5.74) is 2.57. The predicted octanol–water partition coefficient (Wildman–Crippen LogP) is 3.59. The van der Waals surface area contributed by atoms with Crippen molar-refractivity contribution in [1.29, 1.82) is 0 Å². The van der Waals surface area contributed by atoms with Gasteiger partial charge in [-0.3, -0.25) is 0 Å². The number of benzene rings is 2. The Kier molecular flexibility index (Phi) is 5.38. The van der Waals surface area contributed by atoms with Crippen LogP contribution in [0, 0.1) is 0 Å². The quantitative estimate of drug-likeness (QED) is 0.796. The molecule has 2 aromatic carbocycles. The van der Waals surface area contributed by atoms with Gasteiger partial charge in [-0.1, -0.05) is 43.5 Å². The molecule has 0 aliphatic heterocycles. The van der Waals surface area contributed by atoms with Crippen molar-refractivity contribution in [2.75, 3.05) is 13.6 Å². The van der Waals surface area contributed by atoms with Crippen molar-refractivity contribution < 1.29 is 19.7 Å². The first-order valence-electron chi connectivity index (χ1n) is 8.47. The van der Waals surface area contributed by atoms with Crippen molar-refractivity contribution in [3.05, 3.63) is 59.7 Å². The van der Waals surface area contributed by atoms with Crippen LogP contribution >= 0.6 is 0 Å². The Morgan fingerprint density at radius 1 is 0.667 bits per heavy atom. The van der Waals surface area contributed by atoms with Crippen molar-refractivity contribution in [2.45, 2.75) is 37.5 Å². The van der Waals surface area contributed by atoms with E-state index in [0.717, 1.165) is 12.8 Å². The first-order valence-corrected chi connectivity index (χ1v) is 8.47. The summed E-state index contributed by atoms with van der Waals surface area (Å²) < 4.78 is 10.3. The zero-order valence-electron chi connectivity index (χ0n) is 13.8. The van der Waals surface area contributed by atoms with Gasteiger partial charge in [0.15, 0.2) is 13.6 Å². The average Bonchev–Trinajstić information content (AvgIpc) is 2.64. The van der Waals surface area contributed by atoms with Crippen LogP contribution in [0.2, 0.25) is 0 Å². The monoisotopic (exact) mass is 328 g/mol. The first-order chi connectivity index (χ1) is 11.8. The molecule has 1 saturated carbocycles. The van der Waals surface area contributed by atoms with E-state index in [-0.39, 0.29) is 19.0 Å². The molecule has 1 aliphatic rings. The highest BCUT2D eigenvalue weighted by atomic mass is 16.6. The van der Waals surface area contributed by atoms with Gasteiger partial charge < -0.3 is 19.7 Å². The third-order valence-electron chi connectivity index (χ3n) is 4.98. The van der Waals surface area contributed by atoms with Crippen LogP contribution in [0.4, 0.5) is 0 Å². The minimum Gasteiger partial charge on any atom is -0.468 e. The second-order valence-electron chi connectivity index (χ2n) is 6.24. The zero-order chi connectivity index (χ0) is 16.8. The summed E-state index contributed by atoms with van der Waals surface area (Å²) in [7, 11) is 0. The van der Waals surface area contributed by atoms with Gasteiger partial charge in [-0.25, -0.2) is 0 Å². The smallest absolute Gasteiger partial charge is 0.186 e. The van der Waals surface area contributed by atoms with E-state index in [1.54, 1.807) is 0 Å². The van der Waals surface area contributed by atoms with E-state index in [9.17, 15) is 0 Å². The summed E-state index contributed by atoms with van der Waals surface area (Å²) in [6.45, 7) is -0.617. The molecule has 0 spiro atoms. The summed E-state index contributed by atoms with van der Waals surface area (Å²) in [5.74, 6) is 1.36. The van der Waals surface area contributed by atoms with Gasteiger partial charge in [-0.15, -0.1) is 0 Å². The lowest BCUT2D eigenvalue weighted by Crippen LogP contribution is -2.30. The lowest BCUT2D eigenvalue weighted by Gasteiger charge is -2.38. The number of hydrogen-bond acceptors (Lipinski definition) is 4. The molecule has 1 aliphatic carbocycles. The van der Waals surface area contributed by atoms with Gasteiger partial charge in [0, 0.05) is 5.41 Å². The fourth-order valence-corrected chi connectivity index (χ4v) is 3.79. The summed E-state index contributed by atoms with van der Waals surface area (Å²) in [6, 6.07) is 16.1. The number of rotatable bonds is 6. The molecule has 0 unspecified atom stereocenters. The Bertz CT molecular complexity index is 576. The fraction of sp³-hybridized carbons (Fsp3) is 0.400. The van der Waals surface area contributed by atoms with Gasteiger partial charge in [0.05, 0.1) is 0 Å². The molecule has 2 aromatic rings. The molecule has 4 nitrogen and oxygen atoms in total. The molecule has 0 bridgehead atoms. The normalized spacial score (nSPS) is 16.6. The number of aliphatic hydroxyl groups is 2. The third kappa shape index (κ3) is 3.40. The van der Waals surface area contributed by atoms with Crippen LogP contribution in [0.15, 0.2) is 48.5 Å². The Labute approximate surface area is 142 Å². The van der Waals surface area contributed by atoms with Crippen molar-refractivity contribution in [3.63, 3.8) is 0 Å². The summed E-state index contributed by atoms with van der Waals surface area (Å²) in [6.07, 6.45) is 5.94. The Morgan fingerprint density at radius 3 is 1.46 bits per heavy atom. The van der Waals surface area contributed by atoms with Crippen LogP contribution in [0.5, 0.6) is 11.5 Å². The van der Waals surface area contributed by atoms with Crippen molar-refractivity contribution in [2.24, 2.45) is 0 Å². The van der Waals surface area contributed by atoms with Gasteiger partial charge in [0.2, 0.25) is 0 Å².